The summed E-state index contributed by atoms with van der Waals surface area (Å²) in [5.41, 5.74) is 2.29. The van der Waals surface area contributed by atoms with E-state index in [1.165, 1.54) is 85.3 Å². The maximum absolute atomic E-state index is 10.5. The summed E-state index contributed by atoms with van der Waals surface area (Å²) in [5.74, 6) is -5.31. The first-order valence-corrected chi connectivity index (χ1v) is 27.5. The van der Waals surface area contributed by atoms with Crippen LogP contribution in [-0.4, -0.2) is 238 Å². The number of methoxy groups -OCH3 is 12. The summed E-state index contributed by atoms with van der Waals surface area (Å²) in [7, 11) is 17.3. The summed E-state index contributed by atoms with van der Waals surface area (Å²) in [4.78, 5) is 124. The average molecular weight is 1800 g/mol. The van der Waals surface area contributed by atoms with E-state index in [9.17, 15) is 57.5 Å². The van der Waals surface area contributed by atoms with Crippen LogP contribution in [0, 0.1) is 0 Å². The first-order valence-electron chi connectivity index (χ1n) is 27.5. The molecule has 0 aromatic rings. The van der Waals surface area contributed by atoms with E-state index < -0.39 is 71.6 Å². The van der Waals surface area contributed by atoms with Crippen molar-refractivity contribution in [1.29, 1.82) is 0 Å². The van der Waals surface area contributed by atoms with Gasteiger partial charge in [-0.15, -0.1) is 0 Å². The van der Waals surface area contributed by atoms with Crippen LogP contribution in [0.15, 0.2) is 149 Å². The molecule has 0 unspecified atom stereocenters. The normalized spacial score (nSPS) is 7.03. The van der Waals surface area contributed by atoms with Gasteiger partial charge in [-0.2, -0.15) is 0 Å². The van der Waals surface area contributed by atoms with Gasteiger partial charge in [-0.3, -0.25) is 0 Å². The van der Waals surface area contributed by atoms with Crippen LogP contribution in [-0.2, 0) is 171 Å². The molecular weight excluding hydrogens is 1610 g/mol. The van der Waals surface area contributed by atoms with Gasteiger partial charge in [-0.05, 0) is 41.5 Å². The fourth-order valence-electron chi connectivity index (χ4n) is 2.47. The van der Waals surface area contributed by atoms with E-state index in [4.69, 9.17) is 0 Å². The Kier molecular flexibility index (Phi) is 321. The largest absolute Gasteiger partial charge is 0.435 e. The van der Waals surface area contributed by atoms with Crippen molar-refractivity contribution in [2.45, 2.75) is 190 Å². The Morgan fingerprint density at radius 1 is 0.164 bits per heavy atom. The lowest BCUT2D eigenvalue weighted by molar-refractivity contribution is -0.150. The number of esters is 12. The smallest absolute Gasteiger partial charge is 0.335 e. The van der Waals surface area contributed by atoms with E-state index in [0.29, 0.717) is 33.4 Å². The summed E-state index contributed by atoms with van der Waals surface area (Å²) in [6, 6.07) is 0. The zero-order chi connectivity index (χ0) is 82.1. The molecule has 0 radical (unpaired) electrons. The Morgan fingerprint density at radius 2 is 0.230 bits per heavy atom. The lowest BCUT2D eigenvalue weighted by Crippen LogP contribution is -2.06. The summed E-state index contributed by atoms with van der Waals surface area (Å²) < 4.78 is 107. The van der Waals surface area contributed by atoms with Crippen LogP contribution in [0.25, 0.3) is 0 Å². The maximum Gasteiger partial charge on any atom is 0.335 e. The molecular formula is C86H188O36. The third-order valence-electron chi connectivity index (χ3n) is 6.85. The van der Waals surface area contributed by atoms with Gasteiger partial charge in [0.25, 0.3) is 0 Å². The van der Waals surface area contributed by atoms with Crippen molar-refractivity contribution in [3.05, 3.63) is 149 Å². The zero-order valence-corrected chi connectivity index (χ0v) is 62.1. The molecule has 36 nitrogen and oxygen atoms in total. The summed E-state index contributed by atoms with van der Waals surface area (Å²) >= 11 is 0. The van der Waals surface area contributed by atoms with Crippen LogP contribution >= 0.6 is 0 Å². The first kappa shape index (κ1) is 216. The molecule has 0 atom stereocenters. The number of ether oxygens (including phenoxy) is 24. The molecule has 0 bridgehead atoms. The molecule has 0 aliphatic rings. The van der Waals surface area contributed by atoms with Crippen molar-refractivity contribution in [2.24, 2.45) is 0 Å². The topological polar surface area (TPSA) is 426 Å². The second kappa shape index (κ2) is 182. The number of carbonyl (C=O) groups is 12. The Bertz CT molecular complexity index is 1980. The standard InChI is InChI=1S/6C6H10O3.6C5H8O3.20CH4/c6*1-5(2)6(7)9-4-8-3;6*1-3-5(6)8-4-7-2;;;;;;;;;;;;;;;;;;;;/h6*1,4H2,2-3H3;6*3H,1,4H2,2H3;20*1H4. The summed E-state index contributed by atoms with van der Waals surface area (Å²) in [5, 5.41) is 0. The van der Waals surface area contributed by atoms with Gasteiger partial charge in [-0.25, -0.2) is 57.5 Å². The third-order valence-corrected chi connectivity index (χ3v) is 6.85. The molecule has 0 heterocycles. The number of carbonyl (C=O) groups excluding carboxylic acids is 12. The molecule has 0 saturated carbocycles. The highest BCUT2D eigenvalue weighted by Gasteiger charge is 2.04. The van der Waals surface area contributed by atoms with Gasteiger partial charge < -0.3 is 114 Å². The highest BCUT2D eigenvalue weighted by molar-refractivity contribution is 5.89. The van der Waals surface area contributed by atoms with E-state index in [-0.39, 0.29) is 230 Å². The second-order valence-electron chi connectivity index (χ2n) is 16.2. The third kappa shape index (κ3) is 239. The van der Waals surface area contributed by atoms with Gasteiger partial charge in [0.1, 0.15) is 0 Å². The van der Waals surface area contributed by atoms with Crippen LogP contribution in [0.3, 0.4) is 0 Å². The zero-order valence-electron chi connectivity index (χ0n) is 62.1. The molecule has 36 heteroatoms. The molecule has 0 fully saturated rings. The monoisotopic (exact) mass is 1800 g/mol. The van der Waals surface area contributed by atoms with Crippen molar-refractivity contribution in [3.63, 3.8) is 0 Å². The van der Waals surface area contributed by atoms with Crippen LogP contribution in [0.2, 0.25) is 0 Å². The van der Waals surface area contributed by atoms with Crippen LogP contribution in [0.1, 0.15) is 190 Å². The lowest BCUT2D eigenvalue weighted by atomic mass is 10.4. The molecule has 0 amide bonds. The van der Waals surface area contributed by atoms with Gasteiger partial charge in [0.15, 0.2) is 81.5 Å². The predicted octanol–water partition coefficient (Wildman–Crippen LogP) is 18.9. The van der Waals surface area contributed by atoms with Gasteiger partial charge in [0.05, 0.1) is 0 Å². The van der Waals surface area contributed by atoms with E-state index in [1.54, 1.807) is 41.5 Å². The van der Waals surface area contributed by atoms with Crippen molar-refractivity contribution in [3.8, 4) is 0 Å². The van der Waals surface area contributed by atoms with Gasteiger partial charge >= 0.3 is 71.6 Å². The van der Waals surface area contributed by atoms with E-state index in [2.05, 4.69) is 193 Å². The lowest BCUT2D eigenvalue weighted by Gasteiger charge is -1.99. The Labute approximate surface area is 745 Å². The summed E-state index contributed by atoms with van der Waals surface area (Å²) in [6.45, 7) is 48.8. The fraction of sp³-hybridized carbons (Fsp3) is 0.581. The minimum Gasteiger partial charge on any atom is -0.435 e. The Morgan fingerprint density at radius 3 is 0.279 bits per heavy atom. The molecule has 0 aliphatic heterocycles. The quantitative estimate of drug-likeness (QED) is 0.0243. The molecule has 0 N–H and O–H groups in total. The van der Waals surface area contributed by atoms with E-state index in [1.807, 2.05) is 0 Å². The summed E-state index contributed by atoms with van der Waals surface area (Å²) in [6.07, 6.45) is 6.49. The molecule has 0 rings (SSSR count). The fourth-order valence-corrected chi connectivity index (χ4v) is 2.47. The molecule has 0 spiro atoms. The molecule has 0 aromatic carbocycles. The Hall–Kier alpha value is -9.96. The van der Waals surface area contributed by atoms with E-state index in [0.717, 1.165) is 36.5 Å². The predicted molar refractivity (Wildman–Crippen MR) is 500 cm³/mol. The van der Waals surface area contributed by atoms with Crippen LogP contribution < -0.4 is 0 Å². The van der Waals surface area contributed by atoms with Crippen LogP contribution in [0.4, 0.5) is 0 Å². The van der Waals surface area contributed by atoms with Gasteiger partial charge in [0.2, 0.25) is 0 Å². The SMILES string of the molecule is C.C.C.C.C.C.C.C.C.C.C.C.C.C.C.C.C.C.C.C.C=C(C)C(=O)OCOC.C=C(C)C(=O)OCOC.C=C(C)C(=O)OCOC.C=C(C)C(=O)OCOC.C=C(C)C(=O)OCOC.C=C(C)C(=O)OCOC.C=CC(=O)OCOC.C=CC(=O)OCOC.C=CC(=O)OCOC.C=CC(=O)OCOC.C=CC(=O)OCOC.C=CC(=O)OCOC. The van der Waals surface area contributed by atoms with Crippen molar-refractivity contribution >= 4 is 71.6 Å². The molecule has 0 aliphatic carbocycles. The number of rotatable bonds is 36. The van der Waals surface area contributed by atoms with Crippen molar-refractivity contribution in [1.82, 2.24) is 0 Å². The van der Waals surface area contributed by atoms with Gasteiger partial charge in [0, 0.05) is 155 Å². The molecule has 0 saturated heterocycles. The number of hydrogen-bond acceptors (Lipinski definition) is 36. The van der Waals surface area contributed by atoms with E-state index >= 15 is 0 Å². The minimum absolute atomic E-state index is 0. The highest BCUT2D eigenvalue weighted by atomic mass is 16.7. The highest BCUT2D eigenvalue weighted by Crippen LogP contribution is 1.95. The molecule has 122 heavy (non-hydrogen) atoms. The molecule has 0 aromatic heterocycles. The minimum atomic E-state index is -0.466. The van der Waals surface area contributed by atoms with Crippen molar-refractivity contribution < 1.29 is 171 Å². The maximum atomic E-state index is 10.5. The average Bonchev–Trinajstić information content (AvgIpc) is 1.04. The molecule has 748 valence electrons. The van der Waals surface area contributed by atoms with Crippen molar-refractivity contribution in [2.75, 3.05) is 167 Å². The second-order valence-corrected chi connectivity index (χ2v) is 16.2. The first-order chi connectivity index (χ1) is 47.9. The number of hydrogen-bond donors (Lipinski definition) is 0. The van der Waals surface area contributed by atoms with Gasteiger partial charge in [-0.1, -0.05) is 227 Å². The van der Waals surface area contributed by atoms with Crippen LogP contribution in [0.5, 0.6) is 0 Å². The Balaban J connectivity index is -0.0000000238.